The first-order valence-electron chi connectivity index (χ1n) is 6.91. The summed E-state index contributed by atoms with van der Waals surface area (Å²) in [5.74, 6) is 0.642. The molecular formula is C16H19FN2O3. The van der Waals surface area contributed by atoms with Crippen LogP contribution in [0.3, 0.4) is 0 Å². The van der Waals surface area contributed by atoms with Gasteiger partial charge in [0.15, 0.2) is 6.61 Å². The molecule has 1 amide bonds. The van der Waals surface area contributed by atoms with Gasteiger partial charge >= 0.3 is 0 Å². The van der Waals surface area contributed by atoms with Crippen molar-refractivity contribution in [3.8, 4) is 5.75 Å². The van der Waals surface area contributed by atoms with Crippen LogP contribution in [0, 0.1) is 5.82 Å². The van der Waals surface area contributed by atoms with Crippen LogP contribution in [0.2, 0.25) is 0 Å². The highest BCUT2D eigenvalue weighted by Gasteiger charge is 2.17. The lowest BCUT2D eigenvalue weighted by Crippen LogP contribution is -2.36. The zero-order valence-corrected chi connectivity index (χ0v) is 12.6. The molecule has 2 rings (SSSR count). The molecule has 2 aromatic rings. The summed E-state index contributed by atoms with van der Waals surface area (Å²) in [7, 11) is 3.82. The molecule has 6 heteroatoms. The molecule has 0 radical (unpaired) electrons. The number of carbonyl (C=O) groups is 1. The number of hydrogen-bond donors (Lipinski definition) is 1. The van der Waals surface area contributed by atoms with Gasteiger partial charge in [-0.3, -0.25) is 9.69 Å². The molecule has 1 aromatic carbocycles. The van der Waals surface area contributed by atoms with Crippen molar-refractivity contribution in [1.82, 2.24) is 10.2 Å². The lowest BCUT2D eigenvalue weighted by molar-refractivity contribution is -0.123. The molecule has 0 spiro atoms. The van der Waals surface area contributed by atoms with Crippen LogP contribution in [-0.2, 0) is 4.79 Å². The van der Waals surface area contributed by atoms with Gasteiger partial charge < -0.3 is 14.5 Å². The van der Waals surface area contributed by atoms with Crippen molar-refractivity contribution in [3.63, 3.8) is 0 Å². The van der Waals surface area contributed by atoms with E-state index in [1.807, 2.05) is 31.1 Å². The minimum absolute atomic E-state index is 0.0511. The van der Waals surface area contributed by atoms with Crippen LogP contribution in [0.25, 0.3) is 0 Å². The fraction of sp³-hybridized carbons (Fsp3) is 0.312. The molecule has 0 saturated heterocycles. The second-order valence-electron chi connectivity index (χ2n) is 5.04. The molecular weight excluding hydrogens is 287 g/mol. The SMILES string of the molecule is CN(C)[C@@H](CNC(=O)COc1ccc(F)cc1)c1ccco1. The van der Waals surface area contributed by atoms with Gasteiger partial charge in [0, 0.05) is 6.54 Å². The van der Waals surface area contributed by atoms with Gasteiger partial charge in [0.05, 0.1) is 12.3 Å². The largest absolute Gasteiger partial charge is 0.484 e. The predicted molar refractivity (Wildman–Crippen MR) is 80.0 cm³/mol. The first-order valence-corrected chi connectivity index (χ1v) is 6.91. The maximum atomic E-state index is 12.8. The van der Waals surface area contributed by atoms with Crippen LogP contribution in [0.4, 0.5) is 4.39 Å². The number of carbonyl (C=O) groups excluding carboxylic acids is 1. The number of benzene rings is 1. The molecule has 0 saturated carbocycles. The summed E-state index contributed by atoms with van der Waals surface area (Å²) in [4.78, 5) is 13.8. The minimum Gasteiger partial charge on any atom is -0.484 e. The Kier molecular flexibility index (Phi) is 5.55. The average Bonchev–Trinajstić information content (AvgIpc) is 3.00. The zero-order valence-electron chi connectivity index (χ0n) is 12.6. The topological polar surface area (TPSA) is 54.7 Å². The van der Waals surface area contributed by atoms with Gasteiger partial charge in [-0.2, -0.15) is 0 Å². The predicted octanol–water partition coefficient (Wildman–Crippen LogP) is 2.22. The number of nitrogens with zero attached hydrogens (tertiary/aromatic N) is 1. The monoisotopic (exact) mass is 306 g/mol. The molecule has 0 aliphatic carbocycles. The average molecular weight is 306 g/mol. The minimum atomic E-state index is -0.343. The van der Waals surface area contributed by atoms with Gasteiger partial charge in [-0.05, 0) is 50.5 Å². The Bertz CT molecular complexity index is 582. The number of ether oxygens (including phenoxy) is 1. The smallest absolute Gasteiger partial charge is 0.258 e. The third kappa shape index (κ3) is 4.60. The summed E-state index contributed by atoms with van der Waals surface area (Å²) in [5, 5.41) is 2.79. The molecule has 118 valence electrons. The molecule has 1 atom stereocenters. The standard InChI is InChI=1S/C16H19FN2O3/c1-19(2)14(15-4-3-9-21-15)10-18-16(20)11-22-13-7-5-12(17)6-8-13/h3-9,14H,10-11H2,1-2H3,(H,18,20)/t14-/m0/s1. The first kappa shape index (κ1) is 16.0. The summed E-state index contributed by atoms with van der Waals surface area (Å²) in [6.07, 6.45) is 1.60. The van der Waals surface area contributed by atoms with Gasteiger partial charge in [-0.1, -0.05) is 0 Å². The molecule has 5 nitrogen and oxygen atoms in total. The van der Waals surface area contributed by atoms with E-state index >= 15 is 0 Å². The van der Waals surface area contributed by atoms with Gasteiger partial charge in [-0.25, -0.2) is 4.39 Å². The molecule has 0 aliphatic heterocycles. The van der Waals surface area contributed by atoms with E-state index in [1.165, 1.54) is 24.3 Å². The zero-order chi connectivity index (χ0) is 15.9. The summed E-state index contributed by atoms with van der Waals surface area (Å²) in [5.41, 5.74) is 0. The number of nitrogens with one attached hydrogen (secondary N) is 1. The quantitative estimate of drug-likeness (QED) is 0.852. The van der Waals surface area contributed by atoms with E-state index in [0.29, 0.717) is 12.3 Å². The van der Waals surface area contributed by atoms with E-state index in [2.05, 4.69) is 5.32 Å². The Hall–Kier alpha value is -2.34. The number of rotatable bonds is 7. The number of amides is 1. The molecule has 0 unspecified atom stereocenters. The Morgan fingerprint density at radius 3 is 2.64 bits per heavy atom. The Morgan fingerprint density at radius 2 is 2.05 bits per heavy atom. The van der Waals surface area contributed by atoms with Crippen molar-refractivity contribution < 1.29 is 18.3 Å². The summed E-state index contributed by atoms with van der Waals surface area (Å²) in [6, 6.07) is 9.15. The molecule has 0 aliphatic rings. The van der Waals surface area contributed by atoms with Crippen molar-refractivity contribution in [2.24, 2.45) is 0 Å². The lowest BCUT2D eigenvalue weighted by atomic mass is 10.2. The van der Waals surface area contributed by atoms with E-state index in [9.17, 15) is 9.18 Å². The van der Waals surface area contributed by atoms with Crippen LogP contribution in [-0.4, -0.2) is 38.1 Å². The van der Waals surface area contributed by atoms with Crippen molar-refractivity contribution in [1.29, 1.82) is 0 Å². The third-order valence-electron chi connectivity index (χ3n) is 3.17. The maximum absolute atomic E-state index is 12.8. The van der Waals surface area contributed by atoms with Crippen molar-refractivity contribution in [2.45, 2.75) is 6.04 Å². The Balaban J connectivity index is 1.80. The molecule has 0 fully saturated rings. The fourth-order valence-electron chi connectivity index (χ4n) is 1.96. The van der Waals surface area contributed by atoms with Crippen molar-refractivity contribution in [2.75, 3.05) is 27.2 Å². The first-order chi connectivity index (χ1) is 10.6. The second-order valence-corrected chi connectivity index (χ2v) is 5.04. The summed E-state index contributed by atoms with van der Waals surface area (Å²) in [6.45, 7) is 0.288. The molecule has 1 heterocycles. The van der Waals surface area contributed by atoms with E-state index in [4.69, 9.17) is 9.15 Å². The number of likely N-dealkylation sites (N-methyl/N-ethyl adjacent to an activating group) is 1. The van der Waals surface area contributed by atoms with E-state index in [1.54, 1.807) is 6.26 Å². The Morgan fingerprint density at radius 1 is 1.32 bits per heavy atom. The highest BCUT2D eigenvalue weighted by atomic mass is 19.1. The van der Waals surface area contributed by atoms with Crippen LogP contribution in [0.5, 0.6) is 5.75 Å². The maximum Gasteiger partial charge on any atom is 0.258 e. The Labute approximate surface area is 128 Å². The van der Waals surface area contributed by atoms with Gasteiger partial charge in [0.1, 0.15) is 17.3 Å². The van der Waals surface area contributed by atoms with Crippen molar-refractivity contribution in [3.05, 3.63) is 54.2 Å². The van der Waals surface area contributed by atoms with Gasteiger partial charge in [-0.15, -0.1) is 0 Å². The van der Waals surface area contributed by atoms with Crippen LogP contribution in [0.1, 0.15) is 11.8 Å². The van der Waals surface area contributed by atoms with E-state index < -0.39 is 0 Å². The van der Waals surface area contributed by atoms with Gasteiger partial charge in [0.25, 0.3) is 5.91 Å². The second kappa shape index (κ2) is 7.61. The fourth-order valence-corrected chi connectivity index (χ4v) is 1.96. The third-order valence-corrected chi connectivity index (χ3v) is 3.17. The van der Waals surface area contributed by atoms with Crippen LogP contribution in [0.15, 0.2) is 47.1 Å². The highest BCUT2D eigenvalue weighted by molar-refractivity contribution is 5.77. The number of halogens is 1. The molecule has 22 heavy (non-hydrogen) atoms. The lowest BCUT2D eigenvalue weighted by Gasteiger charge is -2.22. The normalized spacial score (nSPS) is 12.2. The number of furan rings is 1. The highest BCUT2D eigenvalue weighted by Crippen LogP contribution is 2.17. The van der Waals surface area contributed by atoms with Gasteiger partial charge in [0.2, 0.25) is 0 Å². The molecule has 0 bridgehead atoms. The molecule has 1 N–H and O–H groups in total. The van der Waals surface area contributed by atoms with Crippen molar-refractivity contribution >= 4 is 5.91 Å². The van der Waals surface area contributed by atoms with E-state index in [0.717, 1.165) is 5.76 Å². The summed E-state index contributed by atoms with van der Waals surface area (Å²) >= 11 is 0. The number of hydrogen-bond acceptors (Lipinski definition) is 4. The molecule has 1 aromatic heterocycles. The summed E-state index contributed by atoms with van der Waals surface area (Å²) < 4.78 is 23.4. The van der Waals surface area contributed by atoms with Crippen LogP contribution < -0.4 is 10.1 Å². The van der Waals surface area contributed by atoms with Crippen LogP contribution >= 0.6 is 0 Å². The van der Waals surface area contributed by atoms with E-state index in [-0.39, 0.29) is 24.4 Å².